The van der Waals surface area contributed by atoms with Crippen molar-refractivity contribution in [2.24, 2.45) is 0 Å². The highest BCUT2D eigenvalue weighted by Crippen LogP contribution is 2.60. The maximum Gasteiger partial charge on any atom is 0.386 e. The summed E-state index contributed by atoms with van der Waals surface area (Å²) >= 11 is 0. The number of hydrogen-bond acceptors (Lipinski definition) is 2. The van der Waals surface area contributed by atoms with Gasteiger partial charge >= 0.3 is 7.57 Å². The molecule has 3 atom stereocenters. The van der Waals surface area contributed by atoms with Crippen LogP contribution in [0, 0.1) is 0 Å². The molecule has 1 aromatic carbocycles. The highest BCUT2D eigenvalue weighted by atomic mass is 31.2. The fraction of sp³-hybridized carbons (Fsp3) is 0.571. The van der Waals surface area contributed by atoms with E-state index in [0.29, 0.717) is 0 Å². The van der Waals surface area contributed by atoms with Crippen LogP contribution in [0.1, 0.15) is 37.9 Å². The molecular weight excluding hydrogens is 240 g/mol. The lowest BCUT2D eigenvalue weighted by Crippen LogP contribution is -2.36. The molecular formula is C14H22BNOP+. The van der Waals surface area contributed by atoms with Crippen LogP contribution in [0.3, 0.4) is 0 Å². The monoisotopic (exact) mass is 262 g/mol. The van der Waals surface area contributed by atoms with Crippen molar-refractivity contribution in [3.05, 3.63) is 35.4 Å². The van der Waals surface area contributed by atoms with Crippen molar-refractivity contribution >= 4 is 14.9 Å². The maximum atomic E-state index is 10.2. The summed E-state index contributed by atoms with van der Waals surface area (Å²) in [5.41, 5.74) is 2.43. The second kappa shape index (κ2) is 4.63. The molecule has 0 bridgehead atoms. The lowest BCUT2D eigenvalue weighted by atomic mass is 10.1. The third-order valence-corrected chi connectivity index (χ3v) is 7.61. The number of aliphatic hydroxyl groups is 1. The molecule has 0 heterocycles. The summed E-state index contributed by atoms with van der Waals surface area (Å²) < 4.78 is 0. The van der Waals surface area contributed by atoms with Gasteiger partial charge in [0, 0.05) is 20.4 Å². The first-order valence-corrected chi connectivity index (χ1v) is 8.72. The number of benzene rings is 1. The first-order valence-electron chi connectivity index (χ1n) is 6.41. The van der Waals surface area contributed by atoms with Crippen LogP contribution in [-0.2, 0) is 6.42 Å². The van der Waals surface area contributed by atoms with Gasteiger partial charge in [0.25, 0.3) is 0 Å². The van der Waals surface area contributed by atoms with Crippen molar-refractivity contribution in [2.45, 2.75) is 44.5 Å². The van der Waals surface area contributed by atoms with E-state index in [1.165, 1.54) is 11.1 Å². The molecule has 0 saturated carbocycles. The van der Waals surface area contributed by atoms with E-state index in [1.807, 2.05) is 12.1 Å². The molecule has 1 aliphatic rings. The van der Waals surface area contributed by atoms with Crippen molar-refractivity contribution in [3.63, 3.8) is 0 Å². The maximum absolute atomic E-state index is 10.2. The molecule has 0 aliphatic heterocycles. The molecule has 0 spiro atoms. The quantitative estimate of drug-likeness (QED) is 0.634. The van der Waals surface area contributed by atoms with E-state index in [9.17, 15) is 5.11 Å². The molecule has 2 N–H and O–H groups in total. The number of nitrogens with one attached hydrogen (secondary N) is 1. The minimum Gasteiger partial charge on any atom is -0.391 e. The number of fused-ring (bicyclic) bond motifs is 1. The molecule has 0 fully saturated rings. The zero-order valence-electron chi connectivity index (χ0n) is 11.6. The van der Waals surface area contributed by atoms with Crippen LogP contribution in [0.5, 0.6) is 0 Å². The Morgan fingerprint density at radius 3 is 2.56 bits per heavy atom. The van der Waals surface area contributed by atoms with Gasteiger partial charge in [0.2, 0.25) is 0 Å². The van der Waals surface area contributed by atoms with E-state index in [-0.39, 0.29) is 17.3 Å². The van der Waals surface area contributed by atoms with Gasteiger partial charge in [-0.25, -0.2) is 0 Å². The van der Waals surface area contributed by atoms with Crippen molar-refractivity contribution in [3.8, 4) is 0 Å². The van der Waals surface area contributed by atoms with Crippen molar-refractivity contribution < 1.29 is 5.11 Å². The molecule has 2 nitrogen and oxygen atoms in total. The Hall–Kier alpha value is -0.365. The smallest absolute Gasteiger partial charge is 0.386 e. The second-order valence-corrected chi connectivity index (χ2v) is 10.1. The minimum absolute atomic E-state index is 0.0243. The Balaban J connectivity index is 2.25. The summed E-state index contributed by atoms with van der Waals surface area (Å²) in [6, 6.07) is 8.20. The average Bonchev–Trinajstić information content (AvgIpc) is 2.54. The average molecular weight is 262 g/mol. The molecule has 1 aliphatic carbocycles. The zero-order valence-corrected chi connectivity index (χ0v) is 12.5. The summed E-state index contributed by atoms with van der Waals surface area (Å²) in [6.45, 7) is 8.56. The van der Waals surface area contributed by atoms with Gasteiger partial charge in [-0.3, -0.25) is 0 Å². The van der Waals surface area contributed by atoms with Gasteiger partial charge in [-0.2, -0.15) is 5.09 Å². The molecule has 0 amide bonds. The van der Waals surface area contributed by atoms with Gasteiger partial charge in [0.1, 0.15) is 0 Å². The molecule has 4 heteroatoms. The van der Waals surface area contributed by atoms with E-state index in [0.717, 1.165) is 6.42 Å². The van der Waals surface area contributed by atoms with Gasteiger partial charge in [-0.1, -0.05) is 24.3 Å². The number of aliphatic hydroxyl groups excluding tert-OH is 1. The molecule has 2 rings (SSSR count). The van der Waals surface area contributed by atoms with Gasteiger partial charge in [-0.15, -0.1) is 0 Å². The summed E-state index contributed by atoms with van der Waals surface area (Å²) in [5, 5.41) is 13.8. The van der Waals surface area contributed by atoms with Crippen molar-refractivity contribution in [2.75, 3.05) is 6.66 Å². The number of hydrogen-bond donors (Lipinski definition) is 2. The molecule has 96 valence electrons. The van der Waals surface area contributed by atoms with Crippen molar-refractivity contribution in [1.82, 2.24) is 5.09 Å². The largest absolute Gasteiger partial charge is 0.391 e. The third kappa shape index (κ3) is 2.50. The molecule has 2 radical (unpaired) electrons. The number of rotatable bonds is 2. The van der Waals surface area contributed by atoms with Gasteiger partial charge < -0.3 is 5.11 Å². The Kier molecular flexibility index (Phi) is 3.61. The summed E-state index contributed by atoms with van der Waals surface area (Å²) in [4.78, 5) is 0. The molecule has 1 aromatic rings. The Bertz CT molecular complexity index is 442. The normalized spacial score (nSPS) is 26.7. The first-order chi connectivity index (χ1) is 8.22. The van der Waals surface area contributed by atoms with Crippen LogP contribution >= 0.6 is 7.29 Å². The van der Waals surface area contributed by atoms with Gasteiger partial charge in [0.05, 0.1) is 17.3 Å². The highest BCUT2D eigenvalue weighted by Gasteiger charge is 2.45. The molecule has 0 saturated heterocycles. The van der Waals surface area contributed by atoms with E-state index in [1.54, 1.807) is 0 Å². The van der Waals surface area contributed by atoms with E-state index in [2.05, 4.69) is 44.7 Å². The predicted octanol–water partition coefficient (Wildman–Crippen LogP) is 2.68. The van der Waals surface area contributed by atoms with Crippen LogP contribution in [0.2, 0.25) is 0 Å². The van der Waals surface area contributed by atoms with E-state index < -0.39 is 7.29 Å². The lowest BCUT2D eigenvalue weighted by molar-refractivity contribution is 0.152. The van der Waals surface area contributed by atoms with Crippen molar-refractivity contribution in [1.29, 1.82) is 0 Å². The summed E-state index contributed by atoms with van der Waals surface area (Å²) in [7, 11) is 4.70. The minimum atomic E-state index is -1.78. The van der Waals surface area contributed by atoms with Crippen LogP contribution in [0.25, 0.3) is 0 Å². The summed E-state index contributed by atoms with van der Waals surface area (Å²) in [6.07, 6.45) is 0.352. The highest BCUT2D eigenvalue weighted by molar-refractivity contribution is 7.96. The summed E-state index contributed by atoms with van der Waals surface area (Å²) in [5.74, 6) is 0. The predicted molar refractivity (Wildman–Crippen MR) is 80.4 cm³/mol. The molecule has 0 aromatic heterocycles. The SMILES string of the molecule is [B][P+](C)(N[C@H]1c2ccccc2C[C@H]1O)C(C)(C)C. The van der Waals surface area contributed by atoms with Crippen LogP contribution < -0.4 is 5.09 Å². The Labute approximate surface area is 112 Å². The third-order valence-electron chi connectivity index (χ3n) is 4.00. The second-order valence-electron chi connectivity index (χ2n) is 6.32. The van der Waals surface area contributed by atoms with Crippen LogP contribution in [-0.4, -0.2) is 30.6 Å². The molecule has 1 unspecified atom stereocenters. The van der Waals surface area contributed by atoms with E-state index in [4.69, 9.17) is 7.57 Å². The standard InChI is InChI=1S/C14H22BNOP/c1-14(2,3)18(4,15)16-13-11-8-6-5-7-10(11)9-12(13)17/h5-8,12-13,16-17H,9H2,1-4H3/q+1/t12-,13+,18?/m1/s1. The zero-order chi connectivity index (χ0) is 13.6. The lowest BCUT2D eigenvalue weighted by Gasteiger charge is -2.36. The van der Waals surface area contributed by atoms with Gasteiger partial charge in [0.15, 0.2) is 0 Å². The Morgan fingerprint density at radius 1 is 1.33 bits per heavy atom. The Morgan fingerprint density at radius 2 is 1.94 bits per heavy atom. The van der Waals surface area contributed by atoms with Crippen LogP contribution in [0.15, 0.2) is 24.3 Å². The molecule has 18 heavy (non-hydrogen) atoms. The fourth-order valence-corrected chi connectivity index (χ4v) is 3.49. The fourth-order valence-electron chi connectivity index (χ4n) is 2.21. The van der Waals surface area contributed by atoms with Gasteiger partial charge in [-0.05, 0) is 31.9 Å². The van der Waals surface area contributed by atoms with E-state index >= 15 is 0 Å². The topological polar surface area (TPSA) is 32.3 Å². The first kappa shape index (κ1) is 14.1. The van der Waals surface area contributed by atoms with Crippen LogP contribution in [0.4, 0.5) is 0 Å².